The summed E-state index contributed by atoms with van der Waals surface area (Å²) in [5.41, 5.74) is 2.78. The van der Waals surface area contributed by atoms with Crippen LogP contribution in [-0.4, -0.2) is 23.3 Å². The molecule has 0 fully saturated rings. The maximum absolute atomic E-state index is 10.8. The van der Waals surface area contributed by atoms with E-state index >= 15 is 0 Å². The van der Waals surface area contributed by atoms with Crippen molar-refractivity contribution in [3.05, 3.63) is 53.6 Å². The largest absolute Gasteiger partial charge is 0.495 e. The summed E-state index contributed by atoms with van der Waals surface area (Å²) in [4.78, 5) is 10.8. The summed E-state index contributed by atoms with van der Waals surface area (Å²) in [6.45, 7) is 1.98. The van der Waals surface area contributed by atoms with Gasteiger partial charge in [-0.1, -0.05) is 6.07 Å². The topological polar surface area (TPSA) is 70.6 Å². The maximum Gasteiger partial charge on any atom is 0.335 e. The molecule has 3 N–H and O–H groups in total. The van der Waals surface area contributed by atoms with Gasteiger partial charge < -0.3 is 20.5 Å². The Hall–Kier alpha value is -2.60. The van der Waals surface area contributed by atoms with Gasteiger partial charge in [0.2, 0.25) is 0 Å². The molecule has 2 aromatic rings. The van der Waals surface area contributed by atoms with E-state index in [1.807, 2.05) is 25.1 Å². The van der Waals surface area contributed by atoms with Crippen LogP contribution in [0.4, 0.5) is 11.4 Å². The highest BCUT2D eigenvalue weighted by molar-refractivity contribution is 7.80. The number of nitrogens with one attached hydrogen (secondary N) is 2. The highest BCUT2D eigenvalue weighted by Crippen LogP contribution is 2.25. The molecular weight excluding hydrogens is 300 g/mol. The average Bonchev–Trinajstić information content (AvgIpc) is 2.48. The van der Waals surface area contributed by atoms with Gasteiger partial charge in [-0.2, -0.15) is 0 Å². The van der Waals surface area contributed by atoms with Crippen LogP contribution in [0.2, 0.25) is 0 Å². The molecule has 2 rings (SSSR count). The molecule has 6 heteroatoms. The number of carbonyl (C=O) groups is 1. The molecule has 2 aromatic carbocycles. The first-order chi connectivity index (χ1) is 10.5. The van der Waals surface area contributed by atoms with Crippen molar-refractivity contribution in [2.75, 3.05) is 17.7 Å². The molecule has 0 saturated heterocycles. The number of thiocarbonyl (C=S) groups is 1. The van der Waals surface area contributed by atoms with Crippen LogP contribution in [-0.2, 0) is 0 Å². The lowest BCUT2D eigenvalue weighted by molar-refractivity contribution is 0.0697. The molecular formula is C16H16N2O3S. The third kappa shape index (κ3) is 3.95. The molecule has 0 saturated carbocycles. The second kappa shape index (κ2) is 6.91. The molecule has 0 amide bonds. The lowest BCUT2D eigenvalue weighted by Crippen LogP contribution is -2.19. The first-order valence-corrected chi connectivity index (χ1v) is 6.96. The van der Waals surface area contributed by atoms with Crippen molar-refractivity contribution in [3.8, 4) is 5.75 Å². The maximum atomic E-state index is 10.8. The molecule has 0 spiro atoms. The van der Waals surface area contributed by atoms with Gasteiger partial charge in [-0.25, -0.2) is 4.79 Å². The molecule has 0 aliphatic heterocycles. The Kier molecular flexibility index (Phi) is 4.95. The predicted molar refractivity (Wildman–Crippen MR) is 91.0 cm³/mol. The van der Waals surface area contributed by atoms with Crippen LogP contribution in [0.3, 0.4) is 0 Å². The Labute approximate surface area is 133 Å². The van der Waals surface area contributed by atoms with E-state index in [-0.39, 0.29) is 5.56 Å². The minimum absolute atomic E-state index is 0.227. The molecule has 0 heterocycles. The zero-order valence-electron chi connectivity index (χ0n) is 12.2. The Morgan fingerprint density at radius 3 is 2.41 bits per heavy atom. The molecule has 5 nitrogen and oxygen atoms in total. The number of hydrogen-bond acceptors (Lipinski definition) is 3. The number of hydrogen-bond donors (Lipinski definition) is 3. The summed E-state index contributed by atoms with van der Waals surface area (Å²) >= 11 is 5.26. The van der Waals surface area contributed by atoms with Gasteiger partial charge in [0, 0.05) is 5.69 Å². The fourth-order valence-corrected chi connectivity index (χ4v) is 2.13. The van der Waals surface area contributed by atoms with Crippen LogP contribution < -0.4 is 15.4 Å². The highest BCUT2D eigenvalue weighted by Gasteiger charge is 2.06. The van der Waals surface area contributed by atoms with Crippen molar-refractivity contribution in [1.82, 2.24) is 0 Å². The number of aromatic carboxylic acids is 1. The van der Waals surface area contributed by atoms with Gasteiger partial charge in [-0.3, -0.25) is 0 Å². The van der Waals surface area contributed by atoms with Crippen LogP contribution in [0.1, 0.15) is 15.9 Å². The van der Waals surface area contributed by atoms with Crippen LogP contribution in [0.15, 0.2) is 42.5 Å². The Morgan fingerprint density at radius 2 is 1.82 bits per heavy atom. The predicted octanol–water partition coefficient (Wildman–Crippen LogP) is 3.51. The summed E-state index contributed by atoms with van der Waals surface area (Å²) in [7, 11) is 1.59. The highest BCUT2D eigenvalue weighted by atomic mass is 32.1. The summed E-state index contributed by atoms with van der Waals surface area (Å²) in [6, 6.07) is 12.1. The van der Waals surface area contributed by atoms with Crippen LogP contribution >= 0.6 is 12.2 Å². The third-order valence-electron chi connectivity index (χ3n) is 2.99. The van der Waals surface area contributed by atoms with Gasteiger partial charge in [-0.15, -0.1) is 0 Å². The van der Waals surface area contributed by atoms with E-state index in [4.69, 9.17) is 22.1 Å². The quantitative estimate of drug-likeness (QED) is 0.750. The SMILES string of the molecule is COc1ccc(C)cc1NC(=S)Nc1ccc(C(=O)O)cc1. The molecule has 0 radical (unpaired) electrons. The summed E-state index contributed by atoms with van der Waals surface area (Å²) in [5, 5.41) is 15.3. The van der Waals surface area contributed by atoms with Gasteiger partial charge in [-0.05, 0) is 61.1 Å². The molecule has 0 unspecified atom stereocenters. The Morgan fingerprint density at radius 1 is 1.14 bits per heavy atom. The number of carboxylic acid groups (broad SMARTS) is 1. The van der Waals surface area contributed by atoms with Crippen molar-refractivity contribution < 1.29 is 14.6 Å². The van der Waals surface area contributed by atoms with Gasteiger partial charge >= 0.3 is 5.97 Å². The Bertz CT molecular complexity index is 699. The monoisotopic (exact) mass is 316 g/mol. The number of benzene rings is 2. The smallest absolute Gasteiger partial charge is 0.335 e. The van der Waals surface area contributed by atoms with Crippen LogP contribution in [0.5, 0.6) is 5.75 Å². The zero-order valence-corrected chi connectivity index (χ0v) is 13.0. The van der Waals surface area contributed by atoms with Gasteiger partial charge in [0.15, 0.2) is 5.11 Å². The van der Waals surface area contributed by atoms with Crippen LogP contribution in [0, 0.1) is 6.92 Å². The van der Waals surface area contributed by atoms with E-state index in [0.29, 0.717) is 16.5 Å². The van der Waals surface area contributed by atoms with Crippen molar-refractivity contribution in [2.24, 2.45) is 0 Å². The lowest BCUT2D eigenvalue weighted by atomic mass is 10.2. The second-order valence-corrected chi connectivity index (χ2v) is 5.07. The lowest BCUT2D eigenvalue weighted by Gasteiger charge is -2.14. The molecule has 0 bridgehead atoms. The number of aryl methyl sites for hydroxylation is 1. The molecule has 0 aliphatic rings. The number of anilines is 2. The summed E-state index contributed by atoms with van der Waals surface area (Å²) < 4.78 is 5.28. The number of carboxylic acids is 1. The van der Waals surface area contributed by atoms with E-state index in [1.165, 1.54) is 12.1 Å². The van der Waals surface area contributed by atoms with E-state index in [9.17, 15) is 4.79 Å². The fraction of sp³-hybridized carbons (Fsp3) is 0.125. The van der Waals surface area contributed by atoms with Crippen molar-refractivity contribution in [3.63, 3.8) is 0 Å². The molecule has 22 heavy (non-hydrogen) atoms. The first-order valence-electron chi connectivity index (χ1n) is 6.55. The fourth-order valence-electron chi connectivity index (χ4n) is 1.90. The van der Waals surface area contributed by atoms with Crippen LogP contribution in [0.25, 0.3) is 0 Å². The normalized spacial score (nSPS) is 9.91. The molecule has 0 atom stereocenters. The summed E-state index contributed by atoms with van der Waals surface area (Å²) in [6.07, 6.45) is 0. The van der Waals surface area contributed by atoms with E-state index < -0.39 is 5.97 Å². The average molecular weight is 316 g/mol. The number of ether oxygens (including phenoxy) is 1. The minimum atomic E-state index is -0.961. The van der Waals surface area contributed by atoms with Gasteiger partial charge in [0.25, 0.3) is 0 Å². The second-order valence-electron chi connectivity index (χ2n) is 4.67. The molecule has 0 aliphatic carbocycles. The third-order valence-corrected chi connectivity index (χ3v) is 3.20. The molecule has 0 aromatic heterocycles. The summed E-state index contributed by atoms with van der Waals surface area (Å²) in [5.74, 6) is -0.271. The standard InChI is InChI=1S/C16H16N2O3S/c1-10-3-8-14(21-2)13(9-10)18-16(22)17-12-6-4-11(5-7-12)15(19)20/h3-9H,1-2H3,(H,19,20)(H2,17,18,22). The van der Waals surface area contributed by atoms with Crippen molar-refractivity contribution in [1.29, 1.82) is 0 Å². The van der Waals surface area contributed by atoms with E-state index in [0.717, 1.165) is 11.3 Å². The van der Waals surface area contributed by atoms with Gasteiger partial charge in [0.1, 0.15) is 5.75 Å². The number of rotatable bonds is 4. The zero-order chi connectivity index (χ0) is 16.1. The molecule has 114 valence electrons. The van der Waals surface area contributed by atoms with Gasteiger partial charge in [0.05, 0.1) is 18.4 Å². The minimum Gasteiger partial charge on any atom is -0.495 e. The Balaban J connectivity index is 2.07. The number of methoxy groups -OCH3 is 1. The van der Waals surface area contributed by atoms with E-state index in [2.05, 4.69) is 10.6 Å². The van der Waals surface area contributed by atoms with E-state index in [1.54, 1.807) is 19.2 Å². The first kappa shape index (κ1) is 15.8. The van der Waals surface area contributed by atoms with Crippen molar-refractivity contribution >= 4 is 34.7 Å². The van der Waals surface area contributed by atoms with Crippen molar-refractivity contribution in [2.45, 2.75) is 6.92 Å².